The summed E-state index contributed by atoms with van der Waals surface area (Å²) in [5.41, 5.74) is 0. The van der Waals surface area contributed by atoms with E-state index in [4.69, 9.17) is 19.3 Å². The van der Waals surface area contributed by atoms with Crippen LogP contribution in [-0.2, 0) is 14.2 Å². The number of hydrogen-bond donors (Lipinski definition) is 1. The molecule has 4 heteroatoms. The Hall–Kier alpha value is -0.680. The molecule has 0 radical (unpaired) electrons. The van der Waals surface area contributed by atoms with Gasteiger partial charge in [-0.2, -0.15) is 0 Å². The second-order valence-corrected chi connectivity index (χ2v) is 12.9. The lowest BCUT2D eigenvalue weighted by Gasteiger charge is -2.18. The van der Waals surface area contributed by atoms with Gasteiger partial charge in [-0.15, -0.1) is 0 Å². The van der Waals surface area contributed by atoms with E-state index in [0.29, 0.717) is 13.2 Å². The van der Waals surface area contributed by atoms with Crippen molar-refractivity contribution < 1.29 is 19.3 Å². The minimum Gasteiger partial charge on any atom is -0.379 e. The molecule has 44 heavy (non-hydrogen) atoms. The highest BCUT2D eigenvalue weighted by molar-refractivity contribution is 4.82. The second kappa shape index (κ2) is 40.3. The Morgan fingerprint density at radius 1 is 0.409 bits per heavy atom. The average molecular weight is 623 g/mol. The molecule has 0 aromatic heterocycles. The molecule has 0 aliphatic carbocycles. The first kappa shape index (κ1) is 43.3. The molecule has 0 aromatic rings. The summed E-state index contributed by atoms with van der Waals surface area (Å²) in [4.78, 5) is 0. The van der Waals surface area contributed by atoms with Crippen LogP contribution in [0.4, 0.5) is 0 Å². The van der Waals surface area contributed by atoms with Gasteiger partial charge in [-0.05, 0) is 64.2 Å². The number of unbranched alkanes of at least 4 members (excludes halogenated alkanes) is 24. The first-order valence-electron chi connectivity index (χ1n) is 19.5. The Bertz CT molecular complexity index is 562. The maximum absolute atomic E-state index is 9.04. The average Bonchev–Trinajstić information content (AvgIpc) is 3.04. The van der Waals surface area contributed by atoms with Crippen LogP contribution in [0.5, 0.6) is 0 Å². The van der Waals surface area contributed by atoms with Crippen molar-refractivity contribution in [3.63, 3.8) is 0 Å². The molecular formula is C40H78O4. The predicted octanol–water partition coefficient (Wildman–Crippen LogP) is 12.4. The van der Waals surface area contributed by atoms with Gasteiger partial charge >= 0.3 is 0 Å². The monoisotopic (exact) mass is 623 g/mol. The van der Waals surface area contributed by atoms with E-state index in [9.17, 15) is 0 Å². The summed E-state index contributed by atoms with van der Waals surface area (Å²) >= 11 is 0. The van der Waals surface area contributed by atoms with Gasteiger partial charge in [0.1, 0.15) is 12.9 Å². The Kier molecular flexibility index (Phi) is 39.7. The quantitative estimate of drug-likeness (QED) is 0.0423. The summed E-state index contributed by atoms with van der Waals surface area (Å²) in [7, 11) is 0. The van der Waals surface area contributed by atoms with Crippen LogP contribution in [0.2, 0.25) is 0 Å². The van der Waals surface area contributed by atoms with Crippen LogP contribution >= 0.6 is 0 Å². The molecule has 0 rings (SSSR count). The fourth-order valence-corrected chi connectivity index (χ4v) is 5.59. The van der Waals surface area contributed by atoms with E-state index in [1.165, 1.54) is 167 Å². The lowest BCUT2D eigenvalue weighted by molar-refractivity contribution is -0.0903. The number of aliphatic hydroxyl groups is 1. The summed E-state index contributed by atoms with van der Waals surface area (Å²) < 4.78 is 17.1. The normalized spacial score (nSPS) is 12.7. The van der Waals surface area contributed by atoms with E-state index in [-0.39, 0.29) is 12.9 Å². The Morgan fingerprint density at radius 3 is 1.16 bits per heavy atom. The molecule has 0 bridgehead atoms. The molecule has 1 atom stereocenters. The molecule has 4 nitrogen and oxygen atoms in total. The van der Waals surface area contributed by atoms with Gasteiger partial charge in [0.25, 0.3) is 0 Å². The highest BCUT2D eigenvalue weighted by Crippen LogP contribution is 2.12. The molecule has 0 aliphatic rings. The molecule has 0 heterocycles. The van der Waals surface area contributed by atoms with Crippen molar-refractivity contribution in [3.8, 4) is 0 Å². The highest BCUT2D eigenvalue weighted by atomic mass is 16.6. The fourth-order valence-electron chi connectivity index (χ4n) is 5.59. The van der Waals surface area contributed by atoms with E-state index in [2.05, 4.69) is 38.2 Å². The SMILES string of the molecule is CCCCCCCC/C=C\CCCCCCCCOCC(COCO)OCCCCCCCC/C=C\CCCCCCCC. The third-order valence-corrected chi connectivity index (χ3v) is 8.51. The lowest BCUT2D eigenvalue weighted by atomic mass is 10.1. The van der Waals surface area contributed by atoms with Crippen molar-refractivity contribution in [3.05, 3.63) is 24.3 Å². The van der Waals surface area contributed by atoms with Crippen molar-refractivity contribution in [2.45, 2.75) is 200 Å². The van der Waals surface area contributed by atoms with Gasteiger partial charge < -0.3 is 19.3 Å². The first-order chi connectivity index (χ1) is 21.8. The van der Waals surface area contributed by atoms with Crippen LogP contribution < -0.4 is 0 Å². The van der Waals surface area contributed by atoms with Crippen molar-refractivity contribution in [1.82, 2.24) is 0 Å². The molecule has 0 amide bonds. The third-order valence-electron chi connectivity index (χ3n) is 8.51. The zero-order valence-corrected chi connectivity index (χ0v) is 29.9. The number of allylic oxidation sites excluding steroid dienone is 4. The maximum atomic E-state index is 9.04. The van der Waals surface area contributed by atoms with E-state index in [1.807, 2.05) is 0 Å². The standard InChI is InChI=1S/C40H78O4/c1-3-5-7-9-11-13-15-17-19-21-23-25-27-29-31-33-35-42-37-40(38-43-39-41)44-36-34-32-30-28-26-24-22-20-18-16-14-12-10-8-6-4-2/h17-20,40-41H,3-16,21-39H2,1-2H3/b19-17-,20-18-. The topological polar surface area (TPSA) is 47.9 Å². The highest BCUT2D eigenvalue weighted by Gasteiger charge is 2.10. The van der Waals surface area contributed by atoms with E-state index >= 15 is 0 Å². The molecule has 0 spiro atoms. The third kappa shape index (κ3) is 37.5. The van der Waals surface area contributed by atoms with Gasteiger partial charge in [-0.3, -0.25) is 0 Å². The van der Waals surface area contributed by atoms with Gasteiger partial charge in [0.05, 0.1) is 13.2 Å². The number of hydrogen-bond acceptors (Lipinski definition) is 4. The maximum Gasteiger partial charge on any atom is 0.143 e. The van der Waals surface area contributed by atoms with Crippen LogP contribution in [0.1, 0.15) is 194 Å². The molecule has 0 saturated carbocycles. The first-order valence-corrected chi connectivity index (χ1v) is 19.5. The summed E-state index contributed by atoms with van der Waals surface area (Å²) in [5.74, 6) is 0. The van der Waals surface area contributed by atoms with Crippen LogP contribution in [0.25, 0.3) is 0 Å². The summed E-state index contributed by atoms with van der Waals surface area (Å²) in [6.45, 7) is 6.79. The molecule has 0 aromatic carbocycles. The minimum absolute atomic E-state index is 0.0839. The van der Waals surface area contributed by atoms with Gasteiger partial charge in [0, 0.05) is 13.2 Å². The summed E-state index contributed by atoms with van der Waals surface area (Å²) in [6, 6.07) is 0. The zero-order valence-electron chi connectivity index (χ0n) is 29.9. The van der Waals surface area contributed by atoms with Crippen LogP contribution in [0, 0.1) is 0 Å². The fraction of sp³-hybridized carbons (Fsp3) is 0.900. The van der Waals surface area contributed by atoms with Gasteiger partial charge in [-0.1, -0.05) is 154 Å². The lowest BCUT2D eigenvalue weighted by Crippen LogP contribution is -2.26. The van der Waals surface area contributed by atoms with Crippen molar-refractivity contribution in [2.75, 3.05) is 33.2 Å². The molecule has 0 saturated heterocycles. The van der Waals surface area contributed by atoms with Gasteiger partial charge in [0.2, 0.25) is 0 Å². The molecule has 1 N–H and O–H groups in total. The summed E-state index contributed by atoms with van der Waals surface area (Å²) in [6.07, 6.45) is 46.4. The number of rotatable bonds is 38. The van der Waals surface area contributed by atoms with E-state index in [0.717, 1.165) is 26.1 Å². The van der Waals surface area contributed by atoms with Gasteiger partial charge in [0.15, 0.2) is 0 Å². The predicted molar refractivity (Wildman–Crippen MR) is 193 cm³/mol. The van der Waals surface area contributed by atoms with E-state index < -0.39 is 0 Å². The molecule has 1 unspecified atom stereocenters. The largest absolute Gasteiger partial charge is 0.379 e. The minimum atomic E-state index is -0.261. The second-order valence-electron chi connectivity index (χ2n) is 12.9. The van der Waals surface area contributed by atoms with Crippen molar-refractivity contribution >= 4 is 0 Å². The molecule has 262 valence electrons. The van der Waals surface area contributed by atoms with Crippen LogP contribution in [0.15, 0.2) is 24.3 Å². The molecule has 0 fully saturated rings. The molecule has 0 aliphatic heterocycles. The Labute approximate surface area is 276 Å². The summed E-state index contributed by atoms with van der Waals surface area (Å²) in [5, 5.41) is 9.04. The van der Waals surface area contributed by atoms with E-state index in [1.54, 1.807) is 0 Å². The van der Waals surface area contributed by atoms with Gasteiger partial charge in [-0.25, -0.2) is 0 Å². The zero-order chi connectivity index (χ0) is 31.9. The Balaban J connectivity index is 3.51. The molecular weight excluding hydrogens is 544 g/mol. The van der Waals surface area contributed by atoms with Crippen molar-refractivity contribution in [2.24, 2.45) is 0 Å². The Morgan fingerprint density at radius 2 is 0.750 bits per heavy atom. The number of ether oxygens (including phenoxy) is 3. The van der Waals surface area contributed by atoms with Crippen LogP contribution in [0.3, 0.4) is 0 Å². The smallest absolute Gasteiger partial charge is 0.143 e. The van der Waals surface area contributed by atoms with Crippen LogP contribution in [-0.4, -0.2) is 44.4 Å². The van der Waals surface area contributed by atoms with Crippen molar-refractivity contribution in [1.29, 1.82) is 0 Å². The number of aliphatic hydroxyl groups excluding tert-OH is 1.